The van der Waals surface area contributed by atoms with Crippen LogP contribution in [0.2, 0.25) is 5.02 Å². The number of hydrogen-bond donors (Lipinski definition) is 1. The summed E-state index contributed by atoms with van der Waals surface area (Å²) in [5, 5.41) is 9.42. The van der Waals surface area contributed by atoms with Gasteiger partial charge in [0.25, 0.3) is 0 Å². The smallest absolute Gasteiger partial charge is 0.214 e. The minimum Gasteiger partial charge on any atom is -0.356 e. The number of hydrogen-bond acceptors (Lipinski definition) is 4. The van der Waals surface area contributed by atoms with Crippen LogP contribution in [0.15, 0.2) is 30.5 Å². The third kappa shape index (κ3) is 3.04. The summed E-state index contributed by atoms with van der Waals surface area (Å²) in [6, 6.07) is 7.80. The van der Waals surface area contributed by atoms with E-state index in [1.54, 1.807) is 11.3 Å². The molecule has 1 aromatic carbocycles. The first-order chi connectivity index (χ1) is 9.93. The zero-order valence-electron chi connectivity index (χ0n) is 12.2. The number of anilines is 1. The van der Waals surface area contributed by atoms with E-state index in [9.17, 15) is 0 Å². The van der Waals surface area contributed by atoms with Crippen LogP contribution in [0.4, 0.5) is 5.13 Å². The van der Waals surface area contributed by atoms with E-state index in [0.29, 0.717) is 6.54 Å². The van der Waals surface area contributed by atoms with Crippen molar-refractivity contribution in [1.82, 2.24) is 14.6 Å². The lowest BCUT2D eigenvalue weighted by molar-refractivity contribution is 0.572. The van der Waals surface area contributed by atoms with Gasteiger partial charge in [0, 0.05) is 17.0 Å². The van der Waals surface area contributed by atoms with Gasteiger partial charge in [0.1, 0.15) is 0 Å². The van der Waals surface area contributed by atoms with Crippen molar-refractivity contribution in [3.8, 4) is 0 Å². The third-order valence-electron chi connectivity index (χ3n) is 3.20. The predicted molar refractivity (Wildman–Crippen MR) is 88.3 cm³/mol. The molecule has 0 aliphatic rings. The molecule has 6 heteroatoms. The van der Waals surface area contributed by atoms with Crippen molar-refractivity contribution < 1.29 is 0 Å². The molecule has 0 saturated carbocycles. The Morgan fingerprint density at radius 2 is 2.05 bits per heavy atom. The van der Waals surface area contributed by atoms with Crippen molar-refractivity contribution in [3.63, 3.8) is 0 Å². The van der Waals surface area contributed by atoms with Crippen molar-refractivity contribution in [3.05, 3.63) is 46.7 Å². The van der Waals surface area contributed by atoms with Crippen molar-refractivity contribution in [1.29, 1.82) is 0 Å². The normalized spacial score (nSPS) is 12.0. The van der Waals surface area contributed by atoms with E-state index in [4.69, 9.17) is 11.6 Å². The standard InChI is InChI=1S/C15H17ClN4S/c1-15(2,3)12-9-20-14(18-12)21-13(19-20)17-8-10-6-4-5-7-11(10)16/h4-7,9H,8H2,1-3H3,(H,17,19). The number of aromatic nitrogens is 3. The molecule has 0 atom stereocenters. The zero-order valence-corrected chi connectivity index (χ0v) is 13.8. The van der Waals surface area contributed by atoms with E-state index in [1.165, 1.54) is 0 Å². The number of nitrogens with one attached hydrogen (secondary N) is 1. The molecule has 4 nitrogen and oxygen atoms in total. The highest BCUT2D eigenvalue weighted by Gasteiger charge is 2.19. The Morgan fingerprint density at radius 3 is 2.71 bits per heavy atom. The van der Waals surface area contributed by atoms with Crippen LogP contribution in [-0.4, -0.2) is 14.6 Å². The summed E-state index contributed by atoms with van der Waals surface area (Å²) in [6.45, 7) is 7.10. The minimum atomic E-state index is 0.0403. The minimum absolute atomic E-state index is 0.0403. The first-order valence-electron chi connectivity index (χ1n) is 6.77. The average molecular weight is 321 g/mol. The Balaban J connectivity index is 1.77. The van der Waals surface area contributed by atoms with Crippen LogP contribution >= 0.6 is 22.9 Å². The number of rotatable bonds is 3. The Bertz CT molecular complexity index is 738. The summed E-state index contributed by atoms with van der Waals surface area (Å²) in [6.07, 6.45) is 1.99. The van der Waals surface area contributed by atoms with Crippen molar-refractivity contribution in [2.24, 2.45) is 0 Å². The van der Waals surface area contributed by atoms with Crippen LogP contribution in [-0.2, 0) is 12.0 Å². The number of benzene rings is 1. The van der Waals surface area contributed by atoms with Gasteiger partial charge in [-0.2, -0.15) is 0 Å². The second kappa shape index (κ2) is 5.31. The van der Waals surface area contributed by atoms with E-state index in [-0.39, 0.29) is 5.41 Å². The molecule has 0 fully saturated rings. The molecular weight excluding hydrogens is 304 g/mol. The molecule has 0 amide bonds. The Morgan fingerprint density at radius 1 is 1.29 bits per heavy atom. The van der Waals surface area contributed by atoms with Gasteiger partial charge in [0.2, 0.25) is 10.1 Å². The molecule has 0 unspecified atom stereocenters. The molecule has 21 heavy (non-hydrogen) atoms. The lowest BCUT2D eigenvalue weighted by atomic mass is 9.93. The Labute approximate surface area is 132 Å². The monoisotopic (exact) mass is 320 g/mol. The lowest BCUT2D eigenvalue weighted by Gasteiger charge is -2.13. The molecule has 0 saturated heterocycles. The summed E-state index contributed by atoms with van der Waals surface area (Å²) >= 11 is 7.69. The molecular formula is C15H17ClN4S. The van der Waals surface area contributed by atoms with Crippen LogP contribution in [0.1, 0.15) is 32.0 Å². The van der Waals surface area contributed by atoms with E-state index in [1.807, 2.05) is 35.0 Å². The van der Waals surface area contributed by atoms with Crippen LogP contribution in [0.25, 0.3) is 4.96 Å². The zero-order chi connectivity index (χ0) is 15.0. The second-order valence-corrected chi connectivity index (χ2v) is 7.32. The third-order valence-corrected chi connectivity index (χ3v) is 4.45. The molecule has 2 aromatic heterocycles. The molecule has 3 rings (SSSR count). The summed E-state index contributed by atoms with van der Waals surface area (Å²) < 4.78 is 1.83. The number of halogens is 1. The fourth-order valence-corrected chi connectivity index (χ4v) is 2.93. The van der Waals surface area contributed by atoms with E-state index in [0.717, 1.165) is 26.4 Å². The highest BCUT2D eigenvalue weighted by atomic mass is 35.5. The van der Waals surface area contributed by atoms with Gasteiger partial charge < -0.3 is 5.32 Å². The molecule has 0 radical (unpaired) electrons. The Hall–Kier alpha value is -1.59. The van der Waals surface area contributed by atoms with E-state index >= 15 is 0 Å². The van der Waals surface area contributed by atoms with Crippen molar-refractivity contribution in [2.45, 2.75) is 32.7 Å². The molecule has 3 aromatic rings. The fraction of sp³-hybridized carbons (Fsp3) is 0.333. The van der Waals surface area contributed by atoms with Crippen LogP contribution in [0.3, 0.4) is 0 Å². The number of imidazole rings is 1. The molecule has 1 N–H and O–H groups in total. The van der Waals surface area contributed by atoms with Crippen molar-refractivity contribution in [2.75, 3.05) is 5.32 Å². The first kappa shape index (κ1) is 14.4. The van der Waals surface area contributed by atoms with E-state index in [2.05, 4.69) is 36.2 Å². The van der Waals surface area contributed by atoms with Gasteiger partial charge in [-0.15, -0.1) is 5.10 Å². The predicted octanol–water partition coefficient (Wildman–Crippen LogP) is 4.35. The van der Waals surface area contributed by atoms with Gasteiger partial charge in [-0.3, -0.25) is 0 Å². The van der Waals surface area contributed by atoms with Crippen molar-refractivity contribution >= 4 is 33.0 Å². The maximum Gasteiger partial charge on any atom is 0.214 e. The van der Waals surface area contributed by atoms with Gasteiger partial charge in [0.15, 0.2) is 0 Å². The summed E-state index contributed by atoms with van der Waals surface area (Å²) in [7, 11) is 0. The quantitative estimate of drug-likeness (QED) is 0.780. The van der Waals surface area contributed by atoms with Gasteiger partial charge >= 0.3 is 0 Å². The molecule has 110 valence electrons. The van der Waals surface area contributed by atoms with Gasteiger partial charge in [-0.1, -0.05) is 61.9 Å². The maximum absolute atomic E-state index is 6.14. The molecule has 0 bridgehead atoms. The SMILES string of the molecule is CC(C)(C)c1cn2nc(NCc3ccccc3Cl)sc2n1. The highest BCUT2D eigenvalue weighted by molar-refractivity contribution is 7.20. The number of nitrogens with zero attached hydrogens (tertiary/aromatic N) is 3. The maximum atomic E-state index is 6.14. The average Bonchev–Trinajstić information content (AvgIpc) is 2.95. The summed E-state index contributed by atoms with van der Waals surface area (Å²) in [5.74, 6) is 0. The molecule has 0 spiro atoms. The van der Waals surface area contributed by atoms with Crippen LogP contribution in [0, 0.1) is 0 Å². The lowest BCUT2D eigenvalue weighted by Crippen LogP contribution is -2.11. The van der Waals surface area contributed by atoms with Crippen LogP contribution in [0.5, 0.6) is 0 Å². The molecule has 2 heterocycles. The second-order valence-electron chi connectivity index (χ2n) is 5.96. The van der Waals surface area contributed by atoms with Crippen LogP contribution < -0.4 is 5.32 Å². The largest absolute Gasteiger partial charge is 0.356 e. The molecule has 0 aliphatic heterocycles. The van der Waals surface area contributed by atoms with Gasteiger partial charge in [-0.25, -0.2) is 9.50 Å². The highest BCUT2D eigenvalue weighted by Crippen LogP contribution is 2.26. The topological polar surface area (TPSA) is 42.2 Å². The Kier molecular flexibility index (Phi) is 3.63. The summed E-state index contributed by atoms with van der Waals surface area (Å²) in [5.41, 5.74) is 2.15. The first-order valence-corrected chi connectivity index (χ1v) is 7.97. The van der Waals surface area contributed by atoms with Gasteiger partial charge in [-0.05, 0) is 11.6 Å². The molecule has 0 aliphatic carbocycles. The van der Waals surface area contributed by atoms with E-state index < -0.39 is 0 Å². The van der Waals surface area contributed by atoms with Gasteiger partial charge in [0.05, 0.1) is 11.9 Å². The fourth-order valence-electron chi connectivity index (χ4n) is 1.95. The number of fused-ring (bicyclic) bond motifs is 1. The summed E-state index contributed by atoms with van der Waals surface area (Å²) in [4.78, 5) is 5.53.